The Hall–Kier alpha value is -3.68. The first-order valence-electron chi connectivity index (χ1n) is 9.39. The van der Waals surface area contributed by atoms with Gasteiger partial charge in [-0.1, -0.05) is 29.8 Å². The van der Waals surface area contributed by atoms with Gasteiger partial charge in [-0.25, -0.2) is 0 Å². The Labute approximate surface area is 173 Å². The van der Waals surface area contributed by atoms with Gasteiger partial charge in [-0.05, 0) is 31.2 Å². The molecule has 2 aromatic rings. The standard InChI is InChI=1S/C22H22N2O6/c1-14-6-8-15(9-7-14)21(27)23-24-12-17(11-20(24)26)22(28)30-13-19(25)16-4-3-5-18(10-16)29-2/h3-10,17H,11-13H2,1-2H3,(H,23,27)/t17-/m1/s1. The first-order chi connectivity index (χ1) is 14.4. The number of benzene rings is 2. The summed E-state index contributed by atoms with van der Waals surface area (Å²) in [6, 6.07) is 13.4. The number of ether oxygens (including phenoxy) is 2. The molecule has 1 atom stereocenters. The van der Waals surface area contributed by atoms with Gasteiger partial charge in [0, 0.05) is 17.5 Å². The van der Waals surface area contributed by atoms with Crippen molar-refractivity contribution in [2.24, 2.45) is 5.92 Å². The number of methoxy groups -OCH3 is 1. The quantitative estimate of drug-likeness (QED) is 0.553. The minimum Gasteiger partial charge on any atom is -0.497 e. The van der Waals surface area contributed by atoms with E-state index >= 15 is 0 Å². The lowest BCUT2D eigenvalue weighted by Gasteiger charge is -2.17. The smallest absolute Gasteiger partial charge is 0.311 e. The summed E-state index contributed by atoms with van der Waals surface area (Å²) in [4.78, 5) is 49.0. The van der Waals surface area contributed by atoms with Crippen LogP contribution in [0.1, 0.15) is 32.7 Å². The Bertz CT molecular complexity index is 970. The van der Waals surface area contributed by atoms with Crippen molar-refractivity contribution < 1.29 is 28.7 Å². The van der Waals surface area contributed by atoms with Crippen molar-refractivity contribution in [1.82, 2.24) is 10.4 Å². The second kappa shape index (κ2) is 9.21. The lowest BCUT2D eigenvalue weighted by Crippen LogP contribution is -2.43. The summed E-state index contributed by atoms with van der Waals surface area (Å²) in [5.41, 5.74) is 4.28. The van der Waals surface area contributed by atoms with Gasteiger partial charge in [-0.3, -0.25) is 29.6 Å². The number of hydrogen-bond donors (Lipinski definition) is 1. The zero-order valence-corrected chi connectivity index (χ0v) is 16.7. The van der Waals surface area contributed by atoms with Gasteiger partial charge >= 0.3 is 5.97 Å². The maximum Gasteiger partial charge on any atom is 0.311 e. The van der Waals surface area contributed by atoms with Crippen LogP contribution in [0.25, 0.3) is 0 Å². The van der Waals surface area contributed by atoms with Crippen molar-refractivity contribution in [2.45, 2.75) is 13.3 Å². The number of esters is 1. The molecule has 1 fully saturated rings. The van der Waals surface area contributed by atoms with Crippen molar-refractivity contribution >= 4 is 23.6 Å². The summed E-state index contributed by atoms with van der Waals surface area (Å²) in [5.74, 6) is -2.10. The van der Waals surface area contributed by atoms with Gasteiger partial charge in [0.25, 0.3) is 5.91 Å². The van der Waals surface area contributed by atoms with Crippen LogP contribution in [0.3, 0.4) is 0 Å². The monoisotopic (exact) mass is 410 g/mol. The molecule has 1 N–H and O–H groups in total. The predicted octanol–water partition coefficient (Wildman–Crippen LogP) is 1.92. The van der Waals surface area contributed by atoms with E-state index in [4.69, 9.17) is 9.47 Å². The zero-order valence-electron chi connectivity index (χ0n) is 16.7. The fourth-order valence-electron chi connectivity index (χ4n) is 3.00. The van der Waals surface area contributed by atoms with E-state index in [1.165, 1.54) is 7.11 Å². The third-order valence-electron chi connectivity index (χ3n) is 4.75. The summed E-state index contributed by atoms with van der Waals surface area (Å²) in [5, 5.41) is 1.11. The highest BCUT2D eigenvalue weighted by Gasteiger charge is 2.36. The first kappa shape index (κ1) is 21.0. The predicted molar refractivity (Wildman–Crippen MR) is 107 cm³/mol. The first-order valence-corrected chi connectivity index (χ1v) is 9.39. The van der Waals surface area contributed by atoms with Gasteiger partial charge in [0.15, 0.2) is 12.4 Å². The van der Waals surface area contributed by atoms with Crippen molar-refractivity contribution in [3.63, 3.8) is 0 Å². The van der Waals surface area contributed by atoms with Crippen molar-refractivity contribution in [3.05, 3.63) is 65.2 Å². The van der Waals surface area contributed by atoms with Crippen LogP contribution in [0.15, 0.2) is 48.5 Å². The summed E-state index contributed by atoms with van der Waals surface area (Å²) in [7, 11) is 1.49. The highest BCUT2D eigenvalue weighted by molar-refractivity contribution is 5.99. The number of amides is 2. The number of carbonyl (C=O) groups excluding carboxylic acids is 4. The molecule has 2 aromatic carbocycles. The fraction of sp³-hybridized carbons (Fsp3) is 0.273. The van der Waals surface area contributed by atoms with E-state index < -0.39 is 30.3 Å². The Morgan fingerprint density at radius 3 is 2.53 bits per heavy atom. The average molecular weight is 410 g/mol. The molecule has 0 aliphatic carbocycles. The number of hydrogen-bond acceptors (Lipinski definition) is 6. The summed E-state index contributed by atoms with van der Waals surface area (Å²) in [6.45, 7) is 1.45. The number of nitrogens with one attached hydrogen (secondary N) is 1. The SMILES string of the molecule is COc1cccc(C(=O)COC(=O)[C@@H]2CC(=O)N(NC(=O)c3ccc(C)cc3)C2)c1. The molecule has 2 amide bonds. The van der Waals surface area contributed by atoms with E-state index in [-0.39, 0.29) is 18.7 Å². The number of carbonyl (C=O) groups is 4. The number of nitrogens with zero attached hydrogens (tertiary/aromatic N) is 1. The van der Waals surface area contributed by atoms with E-state index in [0.717, 1.165) is 10.6 Å². The summed E-state index contributed by atoms with van der Waals surface area (Å²) in [6.07, 6.45) is -0.0969. The highest BCUT2D eigenvalue weighted by Crippen LogP contribution is 2.19. The molecule has 0 radical (unpaired) electrons. The van der Waals surface area contributed by atoms with Gasteiger partial charge in [0.1, 0.15) is 5.75 Å². The molecule has 1 heterocycles. The van der Waals surface area contributed by atoms with Gasteiger partial charge in [-0.2, -0.15) is 0 Å². The third kappa shape index (κ3) is 5.02. The molecular formula is C22H22N2O6. The third-order valence-corrected chi connectivity index (χ3v) is 4.75. The van der Waals surface area contributed by atoms with E-state index in [1.807, 2.05) is 6.92 Å². The van der Waals surface area contributed by atoms with E-state index in [0.29, 0.717) is 16.9 Å². The van der Waals surface area contributed by atoms with Gasteiger partial charge in [-0.15, -0.1) is 0 Å². The zero-order chi connectivity index (χ0) is 21.7. The molecule has 1 aliphatic rings. The van der Waals surface area contributed by atoms with Crippen LogP contribution in [0.5, 0.6) is 5.75 Å². The van der Waals surface area contributed by atoms with Crippen molar-refractivity contribution in [1.29, 1.82) is 0 Å². The molecule has 0 spiro atoms. The minimum absolute atomic E-state index is 0.0113. The average Bonchev–Trinajstić information content (AvgIpc) is 3.12. The van der Waals surface area contributed by atoms with Gasteiger partial charge < -0.3 is 9.47 Å². The van der Waals surface area contributed by atoms with Gasteiger partial charge in [0.05, 0.1) is 19.6 Å². The van der Waals surface area contributed by atoms with Crippen molar-refractivity contribution in [3.8, 4) is 5.75 Å². The lowest BCUT2D eigenvalue weighted by molar-refractivity contribution is -0.147. The lowest BCUT2D eigenvalue weighted by atomic mass is 10.1. The second-order valence-electron chi connectivity index (χ2n) is 6.98. The molecule has 0 aromatic heterocycles. The van der Waals surface area contributed by atoms with Crippen LogP contribution >= 0.6 is 0 Å². The molecule has 0 unspecified atom stereocenters. The maximum atomic E-state index is 12.3. The van der Waals surface area contributed by atoms with Crippen LogP contribution in [0.2, 0.25) is 0 Å². The van der Waals surface area contributed by atoms with Gasteiger partial charge in [0.2, 0.25) is 5.91 Å². The summed E-state index contributed by atoms with van der Waals surface area (Å²) >= 11 is 0. The second-order valence-corrected chi connectivity index (χ2v) is 6.98. The van der Waals surface area contributed by atoms with Crippen LogP contribution < -0.4 is 10.2 Å². The largest absolute Gasteiger partial charge is 0.497 e. The number of ketones is 1. The van der Waals surface area contributed by atoms with Crippen LogP contribution in [-0.4, -0.2) is 48.8 Å². The van der Waals surface area contributed by atoms with Crippen molar-refractivity contribution in [2.75, 3.05) is 20.3 Å². The highest BCUT2D eigenvalue weighted by atomic mass is 16.5. The van der Waals surface area contributed by atoms with Crippen LogP contribution in [-0.2, 0) is 14.3 Å². The Balaban J connectivity index is 1.52. The summed E-state index contributed by atoms with van der Waals surface area (Å²) < 4.78 is 10.2. The van der Waals surface area contributed by atoms with E-state index in [2.05, 4.69) is 5.43 Å². The molecule has 1 aliphatic heterocycles. The molecule has 8 heteroatoms. The van der Waals surface area contributed by atoms with Crippen LogP contribution in [0, 0.1) is 12.8 Å². The van der Waals surface area contributed by atoms with E-state index in [9.17, 15) is 19.2 Å². The molecule has 3 rings (SSSR count). The molecule has 8 nitrogen and oxygen atoms in total. The normalized spacial score (nSPS) is 15.6. The molecular weight excluding hydrogens is 388 g/mol. The Kier molecular flexibility index (Phi) is 6.46. The fourth-order valence-corrected chi connectivity index (χ4v) is 3.00. The topological polar surface area (TPSA) is 102 Å². The maximum absolute atomic E-state index is 12.3. The Morgan fingerprint density at radius 2 is 1.83 bits per heavy atom. The molecule has 0 bridgehead atoms. The minimum atomic E-state index is -0.756. The molecule has 1 saturated heterocycles. The number of aryl methyl sites for hydroxylation is 1. The number of hydrazine groups is 1. The van der Waals surface area contributed by atoms with Crippen LogP contribution in [0.4, 0.5) is 0 Å². The molecule has 30 heavy (non-hydrogen) atoms. The van der Waals surface area contributed by atoms with E-state index in [1.54, 1.807) is 48.5 Å². The number of rotatable bonds is 7. The molecule has 156 valence electrons. The number of Topliss-reactive ketones (excluding diaryl/α,β-unsaturated/α-hetero) is 1. The Morgan fingerprint density at radius 1 is 1.10 bits per heavy atom. The molecule has 0 saturated carbocycles.